The molecule has 0 aliphatic carbocycles. The highest BCUT2D eigenvalue weighted by Gasteiger charge is 2.12. The summed E-state index contributed by atoms with van der Waals surface area (Å²) in [5, 5.41) is 2.13. The average Bonchev–Trinajstić information content (AvgIpc) is 2.62. The van der Waals surface area contributed by atoms with Gasteiger partial charge in [-0.05, 0) is 58.3 Å². The van der Waals surface area contributed by atoms with Gasteiger partial charge in [0.15, 0.2) is 0 Å². The van der Waals surface area contributed by atoms with E-state index in [0.717, 1.165) is 16.3 Å². The van der Waals surface area contributed by atoms with Crippen molar-refractivity contribution in [1.82, 2.24) is 4.98 Å². The van der Waals surface area contributed by atoms with Gasteiger partial charge < -0.3 is 5.73 Å². The molecule has 0 spiro atoms. The molecule has 0 unspecified atom stereocenters. The first-order valence-corrected chi connectivity index (χ1v) is 8.04. The molecular weight excluding hydrogens is 304 g/mol. The van der Waals surface area contributed by atoms with Gasteiger partial charge in [-0.15, -0.1) is 0 Å². The molecule has 0 amide bonds. The zero-order chi connectivity index (χ0) is 16.5. The Balaban J connectivity index is 0.00000182. The van der Waals surface area contributed by atoms with Crippen LogP contribution in [0.3, 0.4) is 0 Å². The normalized spacial score (nSPS) is 10.4. The molecule has 3 aromatic carbocycles. The van der Waals surface area contributed by atoms with E-state index < -0.39 is 0 Å². The predicted molar refractivity (Wildman–Crippen MR) is 108 cm³/mol. The Bertz CT molecular complexity index is 1020. The van der Waals surface area contributed by atoms with Crippen LogP contribution in [0.4, 0.5) is 5.82 Å². The largest absolute Gasteiger partial charge is 0.383 e. The topological polar surface area (TPSA) is 38.9 Å². The maximum atomic E-state index is 6.22. The van der Waals surface area contributed by atoms with Gasteiger partial charge in [0.1, 0.15) is 5.82 Å². The molecule has 0 aliphatic heterocycles. The number of aryl methyl sites for hydroxylation is 1. The second kappa shape index (κ2) is 6.78. The molecule has 2 heteroatoms. The highest BCUT2D eigenvalue weighted by atomic mass is 14.8. The average molecular weight is 326 g/mol. The number of pyridine rings is 1. The number of fused-ring (bicyclic) bond motifs is 1. The zero-order valence-corrected chi connectivity index (χ0v) is 13.5. The molecule has 0 saturated heterocycles. The molecule has 0 saturated carbocycles. The summed E-state index contributed by atoms with van der Waals surface area (Å²) in [5.74, 6) is 0.574. The molecule has 4 aromatic rings. The van der Waals surface area contributed by atoms with Gasteiger partial charge in [0, 0.05) is 11.6 Å². The lowest BCUT2D eigenvalue weighted by atomic mass is 9.91. The maximum Gasteiger partial charge on any atom is 0.131 e. The van der Waals surface area contributed by atoms with Crippen LogP contribution in [-0.4, -0.2) is 4.98 Å². The number of anilines is 1. The van der Waals surface area contributed by atoms with Gasteiger partial charge in [-0.3, -0.25) is 0 Å². The summed E-state index contributed by atoms with van der Waals surface area (Å²) in [6.07, 6.45) is 1.77. The van der Waals surface area contributed by atoms with Gasteiger partial charge in [0.05, 0.1) is 0 Å². The van der Waals surface area contributed by atoms with Crippen LogP contribution >= 0.6 is 0 Å². The molecule has 124 valence electrons. The minimum absolute atomic E-state index is 0. The molecule has 1 heterocycles. The van der Waals surface area contributed by atoms with Gasteiger partial charge >= 0.3 is 0 Å². The molecule has 0 radical (unpaired) electrons. The second-order valence-corrected chi connectivity index (χ2v) is 6.00. The zero-order valence-electron chi connectivity index (χ0n) is 13.5. The lowest BCUT2D eigenvalue weighted by molar-refractivity contribution is 1.37. The molecule has 25 heavy (non-hydrogen) atoms. The first-order valence-electron chi connectivity index (χ1n) is 8.04. The molecule has 0 atom stereocenters. The standard InChI is InChI=1S/C22H18N2.CH4/c1-15-7-5-6-10-19(15)20-14-18(16-8-3-2-4-9-16)13-17-11-12-24-22(23)21(17)20;/h2-14H,1H3,(H2,23,24);1H4. The van der Waals surface area contributed by atoms with Crippen LogP contribution in [0.2, 0.25) is 0 Å². The van der Waals surface area contributed by atoms with E-state index in [9.17, 15) is 0 Å². The SMILES string of the molecule is C.Cc1ccccc1-c1cc(-c2ccccc2)cc2ccnc(N)c12. The van der Waals surface area contributed by atoms with Gasteiger partial charge in [-0.1, -0.05) is 62.0 Å². The Morgan fingerprint density at radius 3 is 2.24 bits per heavy atom. The minimum atomic E-state index is 0. The van der Waals surface area contributed by atoms with E-state index in [2.05, 4.69) is 72.6 Å². The fourth-order valence-corrected chi connectivity index (χ4v) is 3.23. The summed E-state index contributed by atoms with van der Waals surface area (Å²) in [6, 6.07) is 25.3. The van der Waals surface area contributed by atoms with Crippen LogP contribution in [0, 0.1) is 6.92 Å². The van der Waals surface area contributed by atoms with E-state index in [-0.39, 0.29) is 7.43 Å². The molecule has 4 rings (SSSR count). The van der Waals surface area contributed by atoms with Gasteiger partial charge in [0.2, 0.25) is 0 Å². The molecule has 0 aliphatic rings. The van der Waals surface area contributed by atoms with Crippen molar-refractivity contribution in [3.8, 4) is 22.3 Å². The molecular formula is C23H22N2. The fraction of sp³-hybridized carbons (Fsp3) is 0.0870. The van der Waals surface area contributed by atoms with Crippen molar-refractivity contribution < 1.29 is 0 Å². The lowest BCUT2D eigenvalue weighted by Crippen LogP contribution is -1.95. The van der Waals surface area contributed by atoms with Crippen molar-refractivity contribution >= 4 is 16.6 Å². The summed E-state index contributed by atoms with van der Waals surface area (Å²) in [5.41, 5.74) is 12.2. The first-order chi connectivity index (χ1) is 11.7. The summed E-state index contributed by atoms with van der Waals surface area (Å²) < 4.78 is 0. The molecule has 0 bridgehead atoms. The highest BCUT2D eigenvalue weighted by Crippen LogP contribution is 2.37. The van der Waals surface area contributed by atoms with Crippen LogP contribution in [0.25, 0.3) is 33.0 Å². The molecule has 2 nitrogen and oxygen atoms in total. The first kappa shape index (κ1) is 16.7. The van der Waals surface area contributed by atoms with Crippen molar-refractivity contribution in [2.75, 3.05) is 5.73 Å². The molecule has 2 N–H and O–H groups in total. The number of hydrogen-bond donors (Lipinski definition) is 1. The number of nitrogens with two attached hydrogens (primary N) is 1. The van der Waals surface area contributed by atoms with E-state index in [4.69, 9.17) is 5.73 Å². The Morgan fingerprint density at radius 2 is 1.48 bits per heavy atom. The van der Waals surface area contributed by atoms with Gasteiger partial charge in [0.25, 0.3) is 0 Å². The summed E-state index contributed by atoms with van der Waals surface area (Å²) in [6.45, 7) is 2.13. The monoisotopic (exact) mass is 326 g/mol. The van der Waals surface area contributed by atoms with Gasteiger partial charge in [-0.2, -0.15) is 0 Å². The number of aromatic nitrogens is 1. The predicted octanol–water partition coefficient (Wildman–Crippen LogP) is 6.10. The number of nitrogens with zero attached hydrogens (tertiary/aromatic N) is 1. The van der Waals surface area contributed by atoms with Crippen LogP contribution in [0.5, 0.6) is 0 Å². The Morgan fingerprint density at radius 1 is 0.760 bits per heavy atom. The van der Waals surface area contributed by atoms with Crippen LogP contribution in [-0.2, 0) is 0 Å². The smallest absolute Gasteiger partial charge is 0.131 e. The third-order valence-electron chi connectivity index (χ3n) is 4.44. The van der Waals surface area contributed by atoms with Gasteiger partial charge in [-0.25, -0.2) is 4.98 Å². The third-order valence-corrected chi connectivity index (χ3v) is 4.44. The van der Waals surface area contributed by atoms with Crippen LogP contribution < -0.4 is 5.73 Å². The van der Waals surface area contributed by atoms with Crippen LogP contribution in [0.15, 0.2) is 79.0 Å². The Hall–Kier alpha value is -3.13. The number of nitrogen functional groups attached to an aromatic ring is 1. The van der Waals surface area contributed by atoms with E-state index in [1.165, 1.54) is 22.3 Å². The van der Waals surface area contributed by atoms with Crippen molar-refractivity contribution in [2.45, 2.75) is 14.4 Å². The minimum Gasteiger partial charge on any atom is -0.383 e. The fourth-order valence-electron chi connectivity index (χ4n) is 3.23. The van der Waals surface area contributed by atoms with Crippen molar-refractivity contribution in [1.29, 1.82) is 0 Å². The Kier molecular flexibility index (Phi) is 4.53. The lowest BCUT2D eigenvalue weighted by Gasteiger charge is -2.14. The summed E-state index contributed by atoms with van der Waals surface area (Å²) in [7, 11) is 0. The number of hydrogen-bond acceptors (Lipinski definition) is 2. The maximum absolute atomic E-state index is 6.22. The number of benzene rings is 3. The Labute approximate surface area is 149 Å². The van der Waals surface area contributed by atoms with Crippen molar-refractivity contribution in [3.05, 3.63) is 84.6 Å². The highest BCUT2D eigenvalue weighted by molar-refractivity contribution is 6.05. The van der Waals surface area contributed by atoms with E-state index >= 15 is 0 Å². The van der Waals surface area contributed by atoms with E-state index in [0.29, 0.717) is 5.82 Å². The van der Waals surface area contributed by atoms with Crippen molar-refractivity contribution in [2.24, 2.45) is 0 Å². The summed E-state index contributed by atoms with van der Waals surface area (Å²) in [4.78, 5) is 4.30. The molecule has 1 aromatic heterocycles. The number of rotatable bonds is 2. The van der Waals surface area contributed by atoms with Crippen LogP contribution in [0.1, 0.15) is 13.0 Å². The quantitative estimate of drug-likeness (QED) is 0.483. The summed E-state index contributed by atoms with van der Waals surface area (Å²) >= 11 is 0. The molecule has 0 fully saturated rings. The van der Waals surface area contributed by atoms with Crippen molar-refractivity contribution in [3.63, 3.8) is 0 Å². The van der Waals surface area contributed by atoms with E-state index in [1.807, 2.05) is 12.1 Å². The second-order valence-electron chi connectivity index (χ2n) is 6.00. The van der Waals surface area contributed by atoms with E-state index in [1.54, 1.807) is 6.20 Å². The third kappa shape index (κ3) is 2.99.